The Bertz CT molecular complexity index is 1380. The van der Waals surface area contributed by atoms with Gasteiger partial charge in [0, 0.05) is 24.9 Å². The molecule has 4 saturated carbocycles. The fraction of sp³-hybridized carbons (Fsp3) is 0.676. The van der Waals surface area contributed by atoms with E-state index in [1.165, 1.54) is 6.92 Å². The number of aliphatic hydroxyl groups excluding tert-OH is 1. The van der Waals surface area contributed by atoms with Crippen LogP contribution in [0.15, 0.2) is 47.3 Å². The number of nitrogens with zero attached hydrogens (tertiary/aromatic N) is 1. The summed E-state index contributed by atoms with van der Waals surface area (Å²) >= 11 is 0. The lowest BCUT2D eigenvalue weighted by Crippen LogP contribution is -2.65. The first-order chi connectivity index (χ1) is 21.1. The Hall–Kier alpha value is -3.00. The molecule has 1 aromatic heterocycles. The van der Waals surface area contributed by atoms with Crippen molar-refractivity contribution in [1.29, 1.82) is 0 Å². The molecule has 8 heteroatoms. The summed E-state index contributed by atoms with van der Waals surface area (Å²) in [6, 6.07) is 3.35. The Morgan fingerprint density at radius 3 is 2.33 bits per heavy atom. The van der Waals surface area contributed by atoms with Crippen LogP contribution in [0.1, 0.15) is 110 Å². The first-order valence-electron chi connectivity index (χ1n) is 16.7. The second-order valence-corrected chi connectivity index (χ2v) is 15.3. The minimum Gasteiger partial charge on any atom is -0.478 e. The van der Waals surface area contributed by atoms with Crippen LogP contribution in [0, 0.1) is 39.9 Å². The zero-order valence-corrected chi connectivity index (χ0v) is 28.0. The highest BCUT2D eigenvalue weighted by atomic mass is 16.5. The van der Waals surface area contributed by atoms with Crippen LogP contribution in [0.3, 0.4) is 0 Å². The molecular formula is C37H51NO7. The maximum Gasteiger partial charge on any atom is 0.338 e. The van der Waals surface area contributed by atoms with Gasteiger partial charge in [-0.05, 0) is 123 Å². The molecule has 0 aliphatic heterocycles. The topological polar surface area (TPSA) is 123 Å². The molecule has 10 atom stereocenters. The van der Waals surface area contributed by atoms with E-state index in [9.17, 15) is 24.6 Å². The number of esters is 2. The number of carbonyl (C=O) groups excluding carboxylic acids is 2. The smallest absolute Gasteiger partial charge is 0.338 e. The van der Waals surface area contributed by atoms with E-state index in [1.54, 1.807) is 24.5 Å². The number of aliphatic hydroxyl groups is 1. The van der Waals surface area contributed by atoms with Gasteiger partial charge in [-0.15, -0.1) is 0 Å². The van der Waals surface area contributed by atoms with Crippen LogP contribution in [-0.4, -0.2) is 51.4 Å². The van der Waals surface area contributed by atoms with Gasteiger partial charge in [-0.1, -0.05) is 39.3 Å². The van der Waals surface area contributed by atoms with Crippen molar-refractivity contribution >= 4 is 17.9 Å². The van der Waals surface area contributed by atoms with Crippen LogP contribution in [0.4, 0.5) is 0 Å². The maximum absolute atomic E-state index is 13.0. The molecule has 1 aromatic rings. The third-order valence-corrected chi connectivity index (χ3v) is 12.7. The number of carboxylic acids is 1. The van der Waals surface area contributed by atoms with Gasteiger partial charge in [0.15, 0.2) is 0 Å². The molecule has 0 radical (unpaired) electrons. The van der Waals surface area contributed by atoms with Crippen molar-refractivity contribution in [3.05, 3.63) is 52.9 Å². The summed E-state index contributed by atoms with van der Waals surface area (Å²) in [5.41, 5.74) is 1.78. The third-order valence-electron chi connectivity index (χ3n) is 12.7. The number of ether oxygens (including phenoxy) is 2. The quantitative estimate of drug-likeness (QED) is 0.191. The van der Waals surface area contributed by atoms with Crippen LogP contribution in [0.5, 0.6) is 0 Å². The maximum atomic E-state index is 13.0. The normalized spacial score (nSPS) is 39.9. The standard InChI is InChI=1S/C37H51NO7/c1-21(2)9-8-10-25(33(41)42)31-27-19-28(40)32-35(5)15-12-29(45-34(43)24-13-17-38-18-14-24)22(3)26(35)11-16-36(32,6)37(27,7)20-30(31)44-23(4)39/h9,13-14,17-18,22,26-30,32,40H,8,10-12,15-16,19-20H2,1-7H3,(H,41,42)/b31-25-/t22-,26-,27-,28+,29+,30-,32-,35-,36-,37-/m0/s1. The van der Waals surface area contributed by atoms with E-state index in [-0.39, 0.29) is 52.0 Å². The number of aromatic nitrogens is 1. The Kier molecular flexibility index (Phi) is 9.13. The summed E-state index contributed by atoms with van der Waals surface area (Å²) in [6.07, 6.45) is 9.04. The molecule has 4 aliphatic carbocycles. The van der Waals surface area contributed by atoms with Crippen LogP contribution in [-0.2, 0) is 19.1 Å². The molecule has 8 nitrogen and oxygen atoms in total. The van der Waals surface area contributed by atoms with Crippen LogP contribution in [0.2, 0.25) is 0 Å². The van der Waals surface area contributed by atoms with Crippen LogP contribution >= 0.6 is 0 Å². The summed E-state index contributed by atoms with van der Waals surface area (Å²) in [6.45, 7) is 14.4. The molecule has 1 heterocycles. The van der Waals surface area contributed by atoms with Gasteiger partial charge in [0.2, 0.25) is 0 Å². The first-order valence-corrected chi connectivity index (χ1v) is 16.7. The highest BCUT2D eigenvalue weighted by Crippen LogP contribution is 2.74. The van der Waals surface area contributed by atoms with Gasteiger partial charge in [-0.25, -0.2) is 9.59 Å². The van der Waals surface area contributed by atoms with E-state index in [1.807, 2.05) is 19.9 Å². The molecule has 0 saturated heterocycles. The monoisotopic (exact) mass is 621 g/mol. The van der Waals surface area contributed by atoms with Gasteiger partial charge < -0.3 is 19.7 Å². The van der Waals surface area contributed by atoms with Crippen molar-refractivity contribution in [2.75, 3.05) is 0 Å². The van der Waals surface area contributed by atoms with Crippen molar-refractivity contribution in [3.8, 4) is 0 Å². The van der Waals surface area contributed by atoms with E-state index < -0.39 is 24.1 Å². The minimum absolute atomic E-state index is 0.0272. The summed E-state index contributed by atoms with van der Waals surface area (Å²) in [5, 5.41) is 22.6. The van der Waals surface area contributed by atoms with E-state index in [0.29, 0.717) is 42.4 Å². The van der Waals surface area contributed by atoms with E-state index in [4.69, 9.17) is 9.47 Å². The predicted molar refractivity (Wildman–Crippen MR) is 170 cm³/mol. The molecule has 0 unspecified atom stereocenters. The predicted octanol–water partition coefficient (Wildman–Crippen LogP) is 6.93. The third kappa shape index (κ3) is 5.66. The average Bonchev–Trinajstić information content (AvgIpc) is 3.23. The zero-order valence-electron chi connectivity index (χ0n) is 28.0. The van der Waals surface area contributed by atoms with Crippen molar-refractivity contribution in [1.82, 2.24) is 4.98 Å². The average molecular weight is 622 g/mol. The minimum atomic E-state index is -0.973. The number of aliphatic carboxylic acids is 1. The van der Waals surface area contributed by atoms with Crippen molar-refractivity contribution in [2.45, 2.75) is 118 Å². The van der Waals surface area contributed by atoms with E-state index >= 15 is 0 Å². The van der Waals surface area contributed by atoms with Gasteiger partial charge in [-0.3, -0.25) is 9.78 Å². The Morgan fingerprint density at radius 2 is 1.71 bits per heavy atom. The molecule has 0 amide bonds. The summed E-state index contributed by atoms with van der Waals surface area (Å²) in [4.78, 5) is 42.1. The number of carboxylic acid groups (broad SMARTS) is 1. The number of hydrogen-bond acceptors (Lipinski definition) is 7. The molecule has 0 bridgehead atoms. The number of hydrogen-bond donors (Lipinski definition) is 2. The Balaban J connectivity index is 1.48. The van der Waals surface area contributed by atoms with E-state index in [0.717, 1.165) is 31.3 Å². The lowest BCUT2D eigenvalue weighted by Gasteiger charge is -2.69. The van der Waals surface area contributed by atoms with Gasteiger partial charge in [0.05, 0.1) is 11.7 Å². The molecule has 45 heavy (non-hydrogen) atoms. The Labute approximate surface area is 267 Å². The number of carbonyl (C=O) groups is 3. The summed E-state index contributed by atoms with van der Waals surface area (Å²) in [5.74, 6) is -1.56. The molecule has 0 spiro atoms. The molecule has 246 valence electrons. The highest BCUT2D eigenvalue weighted by Gasteiger charge is 2.71. The van der Waals surface area contributed by atoms with Crippen molar-refractivity contribution in [2.24, 2.45) is 39.9 Å². The number of allylic oxidation sites excluding steroid dienone is 2. The second kappa shape index (κ2) is 12.3. The molecular weight excluding hydrogens is 570 g/mol. The first kappa shape index (κ1) is 33.4. The molecule has 4 fully saturated rings. The number of fused-ring (bicyclic) bond motifs is 5. The fourth-order valence-corrected chi connectivity index (χ4v) is 10.6. The molecule has 5 rings (SSSR count). The van der Waals surface area contributed by atoms with Crippen molar-refractivity contribution in [3.63, 3.8) is 0 Å². The SMILES string of the molecule is CC(=O)O[C@H]1C[C@@]2(C)[C@@H](C[C@@H](O)[C@H]3[C@@]4(C)CC[C@@H](OC(=O)c5ccncc5)[C@@H](C)[C@@H]4CC[C@@]32C)/C1=C(\CCC=C(C)C)C(=O)O. The summed E-state index contributed by atoms with van der Waals surface area (Å²) < 4.78 is 12.0. The van der Waals surface area contributed by atoms with Crippen molar-refractivity contribution < 1.29 is 34.1 Å². The van der Waals surface area contributed by atoms with Crippen LogP contribution in [0.25, 0.3) is 0 Å². The lowest BCUT2D eigenvalue weighted by atomic mass is 9.36. The second-order valence-electron chi connectivity index (χ2n) is 15.3. The Morgan fingerprint density at radius 1 is 1.02 bits per heavy atom. The van der Waals surface area contributed by atoms with Gasteiger partial charge in [-0.2, -0.15) is 0 Å². The number of pyridine rings is 1. The molecule has 2 N–H and O–H groups in total. The molecule has 4 aliphatic rings. The fourth-order valence-electron chi connectivity index (χ4n) is 10.6. The van der Waals surface area contributed by atoms with Crippen LogP contribution < -0.4 is 0 Å². The van der Waals surface area contributed by atoms with Gasteiger partial charge in [0.25, 0.3) is 0 Å². The molecule has 0 aromatic carbocycles. The zero-order chi connectivity index (χ0) is 32.9. The van der Waals surface area contributed by atoms with Gasteiger partial charge >= 0.3 is 17.9 Å². The lowest BCUT2D eigenvalue weighted by molar-refractivity contribution is -0.234. The van der Waals surface area contributed by atoms with E-state index in [2.05, 4.69) is 32.7 Å². The number of rotatable bonds is 7. The summed E-state index contributed by atoms with van der Waals surface area (Å²) in [7, 11) is 0. The highest BCUT2D eigenvalue weighted by molar-refractivity contribution is 5.89. The largest absolute Gasteiger partial charge is 0.478 e. The van der Waals surface area contributed by atoms with Gasteiger partial charge in [0.1, 0.15) is 12.2 Å².